The molecule has 0 amide bonds. The lowest BCUT2D eigenvalue weighted by Crippen LogP contribution is -2.24. The van der Waals surface area contributed by atoms with Crippen LogP contribution in [0.25, 0.3) is 0 Å². The lowest BCUT2D eigenvalue weighted by Gasteiger charge is -2.12. The fourth-order valence-corrected chi connectivity index (χ4v) is 3.86. The van der Waals surface area contributed by atoms with Gasteiger partial charge in [-0.2, -0.15) is 0 Å². The van der Waals surface area contributed by atoms with Crippen molar-refractivity contribution in [2.75, 3.05) is 13.1 Å². The number of sulfone groups is 1. The minimum Gasteiger partial charge on any atom is -0.315 e. The molecule has 1 heterocycles. The van der Waals surface area contributed by atoms with E-state index in [4.69, 9.17) is 0 Å². The molecule has 1 aromatic carbocycles. The number of nitrogens with one attached hydrogen (secondary N) is 1. The van der Waals surface area contributed by atoms with Crippen LogP contribution in [-0.4, -0.2) is 26.8 Å². The largest absolute Gasteiger partial charge is 0.315 e. The molecular weight excluding hydrogens is 210 g/mol. The zero-order valence-corrected chi connectivity index (χ0v) is 9.55. The molecule has 0 saturated carbocycles. The summed E-state index contributed by atoms with van der Waals surface area (Å²) >= 11 is 0. The standard InChI is InChI=1S/C11H15NO2S/c1-9-4-2-3-5-11(9)15(13,14)10-6-7-12-8-10/h2-5,10,12H,6-8H2,1H3. The molecule has 1 fully saturated rings. The van der Waals surface area contributed by atoms with Gasteiger partial charge in [-0.05, 0) is 31.5 Å². The molecule has 1 aromatic rings. The summed E-state index contributed by atoms with van der Waals surface area (Å²) < 4.78 is 24.4. The van der Waals surface area contributed by atoms with E-state index >= 15 is 0 Å². The second-order valence-electron chi connectivity index (χ2n) is 3.93. The van der Waals surface area contributed by atoms with Gasteiger partial charge in [0.25, 0.3) is 0 Å². The quantitative estimate of drug-likeness (QED) is 0.820. The molecule has 82 valence electrons. The average Bonchev–Trinajstić information content (AvgIpc) is 2.71. The van der Waals surface area contributed by atoms with E-state index in [-0.39, 0.29) is 5.25 Å². The fraction of sp³-hybridized carbons (Fsp3) is 0.455. The molecule has 15 heavy (non-hydrogen) atoms. The summed E-state index contributed by atoms with van der Waals surface area (Å²) in [5.74, 6) is 0. The van der Waals surface area contributed by atoms with Crippen molar-refractivity contribution in [1.29, 1.82) is 0 Å². The zero-order valence-electron chi connectivity index (χ0n) is 8.73. The minimum absolute atomic E-state index is 0.251. The Bertz CT molecular complexity index is 447. The van der Waals surface area contributed by atoms with Crippen molar-refractivity contribution in [3.63, 3.8) is 0 Å². The maximum absolute atomic E-state index is 12.2. The number of rotatable bonds is 2. The molecule has 2 rings (SSSR count). The first-order valence-corrected chi connectivity index (χ1v) is 6.67. The van der Waals surface area contributed by atoms with E-state index < -0.39 is 9.84 Å². The van der Waals surface area contributed by atoms with Gasteiger partial charge in [-0.3, -0.25) is 0 Å². The van der Waals surface area contributed by atoms with Crippen molar-refractivity contribution in [2.45, 2.75) is 23.5 Å². The molecule has 0 bridgehead atoms. The van der Waals surface area contributed by atoms with Gasteiger partial charge in [0, 0.05) is 6.54 Å². The Morgan fingerprint density at radius 2 is 2.07 bits per heavy atom. The molecule has 1 atom stereocenters. The van der Waals surface area contributed by atoms with Crippen LogP contribution in [0.4, 0.5) is 0 Å². The van der Waals surface area contributed by atoms with Crippen LogP contribution in [0.2, 0.25) is 0 Å². The molecule has 1 N–H and O–H groups in total. The predicted molar refractivity (Wildman–Crippen MR) is 59.6 cm³/mol. The summed E-state index contributed by atoms with van der Waals surface area (Å²) in [7, 11) is -3.13. The first-order valence-electron chi connectivity index (χ1n) is 5.12. The smallest absolute Gasteiger partial charge is 0.182 e. The lowest BCUT2D eigenvalue weighted by atomic mass is 10.2. The number of hydrogen-bond donors (Lipinski definition) is 1. The van der Waals surface area contributed by atoms with Crippen molar-refractivity contribution in [3.05, 3.63) is 29.8 Å². The Morgan fingerprint density at radius 1 is 1.33 bits per heavy atom. The van der Waals surface area contributed by atoms with E-state index in [1.54, 1.807) is 12.1 Å². The van der Waals surface area contributed by atoms with Gasteiger partial charge in [-0.15, -0.1) is 0 Å². The summed E-state index contributed by atoms with van der Waals surface area (Å²) in [5, 5.41) is 2.84. The third-order valence-corrected chi connectivity index (χ3v) is 5.21. The fourth-order valence-electron chi connectivity index (χ4n) is 1.95. The number of benzene rings is 1. The van der Waals surface area contributed by atoms with Crippen LogP contribution >= 0.6 is 0 Å². The molecule has 4 heteroatoms. The van der Waals surface area contributed by atoms with E-state index in [9.17, 15) is 8.42 Å². The van der Waals surface area contributed by atoms with Crippen molar-refractivity contribution >= 4 is 9.84 Å². The normalized spacial score (nSPS) is 21.8. The van der Waals surface area contributed by atoms with Gasteiger partial charge < -0.3 is 5.32 Å². The molecule has 1 saturated heterocycles. The van der Waals surface area contributed by atoms with E-state index in [0.29, 0.717) is 11.4 Å². The van der Waals surface area contributed by atoms with Crippen molar-refractivity contribution < 1.29 is 8.42 Å². The number of aryl methyl sites for hydroxylation is 1. The predicted octanol–water partition coefficient (Wildman–Crippen LogP) is 1.13. The molecule has 0 spiro atoms. The monoisotopic (exact) mass is 225 g/mol. The van der Waals surface area contributed by atoms with Gasteiger partial charge in [-0.1, -0.05) is 18.2 Å². The lowest BCUT2D eigenvalue weighted by molar-refractivity contribution is 0.582. The molecule has 0 radical (unpaired) electrons. The van der Waals surface area contributed by atoms with Crippen LogP contribution in [0.1, 0.15) is 12.0 Å². The molecule has 1 unspecified atom stereocenters. The van der Waals surface area contributed by atoms with E-state index in [1.165, 1.54) is 0 Å². The van der Waals surface area contributed by atoms with Crippen LogP contribution in [0, 0.1) is 6.92 Å². The van der Waals surface area contributed by atoms with Crippen LogP contribution in [0.15, 0.2) is 29.2 Å². The summed E-state index contributed by atoms with van der Waals surface area (Å²) in [6.45, 7) is 3.22. The molecule has 1 aliphatic rings. The van der Waals surface area contributed by atoms with Gasteiger partial charge in [-0.25, -0.2) is 8.42 Å². The highest BCUT2D eigenvalue weighted by Crippen LogP contribution is 2.22. The first kappa shape index (κ1) is 10.6. The highest BCUT2D eigenvalue weighted by Gasteiger charge is 2.30. The van der Waals surface area contributed by atoms with E-state index in [0.717, 1.165) is 18.5 Å². The van der Waals surface area contributed by atoms with Crippen molar-refractivity contribution in [1.82, 2.24) is 5.32 Å². The van der Waals surface area contributed by atoms with Gasteiger partial charge in [0.1, 0.15) is 0 Å². The summed E-state index contributed by atoms with van der Waals surface area (Å²) in [4.78, 5) is 0.485. The van der Waals surface area contributed by atoms with Crippen LogP contribution in [-0.2, 0) is 9.84 Å². The van der Waals surface area contributed by atoms with Gasteiger partial charge in [0.15, 0.2) is 9.84 Å². The molecule has 3 nitrogen and oxygen atoms in total. The molecule has 0 aliphatic carbocycles. The Morgan fingerprint density at radius 3 is 2.67 bits per heavy atom. The van der Waals surface area contributed by atoms with E-state index in [2.05, 4.69) is 5.32 Å². The van der Waals surface area contributed by atoms with E-state index in [1.807, 2.05) is 19.1 Å². The summed E-state index contributed by atoms with van der Waals surface area (Å²) in [6, 6.07) is 7.18. The second kappa shape index (κ2) is 3.94. The van der Waals surface area contributed by atoms with Gasteiger partial charge >= 0.3 is 0 Å². The van der Waals surface area contributed by atoms with Gasteiger partial charge in [0.2, 0.25) is 0 Å². The maximum atomic E-state index is 12.2. The Labute approximate surface area is 90.4 Å². The van der Waals surface area contributed by atoms with Crippen molar-refractivity contribution in [3.8, 4) is 0 Å². The molecular formula is C11H15NO2S. The Hall–Kier alpha value is -0.870. The van der Waals surface area contributed by atoms with Gasteiger partial charge in [0.05, 0.1) is 10.1 Å². The Kier molecular flexibility index (Phi) is 2.80. The highest BCUT2D eigenvalue weighted by atomic mass is 32.2. The second-order valence-corrected chi connectivity index (χ2v) is 6.12. The topological polar surface area (TPSA) is 46.2 Å². The summed E-state index contributed by atoms with van der Waals surface area (Å²) in [5.41, 5.74) is 0.837. The first-order chi connectivity index (χ1) is 7.12. The van der Waals surface area contributed by atoms with Crippen LogP contribution < -0.4 is 5.32 Å². The van der Waals surface area contributed by atoms with Crippen LogP contribution in [0.5, 0.6) is 0 Å². The third kappa shape index (κ3) is 1.92. The Balaban J connectivity index is 2.41. The summed E-state index contributed by atoms with van der Waals surface area (Å²) in [6.07, 6.45) is 0.719. The molecule has 0 aromatic heterocycles. The molecule has 1 aliphatic heterocycles. The zero-order chi connectivity index (χ0) is 10.9. The number of hydrogen-bond acceptors (Lipinski definition) is 3. The highest BCUT2D eigenvalue weighted by molar-refractivity contribution is 7.92. The third-order valence-electron chi connectivity index (χ3n) is 2.85. The van der Waals surface area contributed by atoms with Crippen molar-refractivity contribution in [2.24, 2.45) is 0 Å². The van der Waals surface area contributed by atoms with Crippen LogP contribution in [0.3, 0.4) is 0 Å². The average molecular weight is 225 g/mol. The SMILES string of the molecule is Cc1ccccc1S(=O)(=O)C1CCNC1. The minimum atomic E-state index is -3.13. The maximum Gasteiger partial charge on any atom is 0.182 e.